The van der Waals surface area contributed by atoms with Crippen molar-refractivity contribution >= 4 is 22.2 Å². The molecule has 1 saturated carbocycles. The number of piperazine rings is 1. The number of hydrogen-bond donors (Lipinski definition) is 1. The van der Waals surface area contributed by atoms with Crippen molar-refractivity contribution in [2.75, 3.05) is 51.3 Å². The van der Waals surface area contributed by atoms with Gasteiger partial charge in [-0.1, -0.05) is 25.2 Å². The first-order valence-electron chi connectivity index (χ1n) is 13.3. The summed E-state index contributed by atoms with van der Waals surface area (Å²) in [5.74, 6) is 0.959. The van der Waals surface area contributed by atoms with Crippen LogP contribution in [0.4, 0.5) is 5.69 Å². The minimum atomic E-state index is 0.0731. The van der Waals surface area contributed by atoms with E-state index in [9.17, 15) is 5.26 Å². The number of benzene rings is 1. The number of nitrogens with zero attached hydrogens (tertiary/aromatic N) is 4. The number of ether oxygens (including phenoxy) is 1. The van der Waals surface area contributed by atoms with Crippen molar-refractivity contribution in [1.29, 1.82) is 5.26 Å². The van der Waals surface area contributed by atoms with Crippen molar-refractivity contribution in [1.82, 2.24) is 9.47 Å². The summed E-state index contributed by atoms with van der Waals surface area (Å²) < 4.78 is 6.99. The number of aryl methyl sites for hydroxylation is 1. The van der Waals surface area contributed by atoms with E-state index < -0.39 is 0 Å². The lowest BCUT2D eigenvalue weighted by Gasteiger charge is -2.36. The molecule has 188 valence electrons. The number of hydrogen-bond acceptors (Lipinski definition) is 5. The first kappa shape index (κ1) is 25.5. The summed E-state index contributed by atoms with van der Waals surface area (Å²) in [6, 6.07) is 9.19. The maximum Gasteiger partial charge on any atom is 0.102 e. The van der Waals surface area contributed by atoms with Gasteiger partial charge in [0.05, 0.1) is 16.8 Å². The van der Waals surface area contributed by atoms with Gasteiger partial charge in [0, 0.05) is 70.1 Å². The molecule has 6 nitrogen and oxygen atoms in total. The molecule has 1 aromatic carbocycles. The predicted molar refractivity (Wildman–Crippen MR) is 146 cm³/mol. The zero-order valence-corrected chi connectivity index (χ0v) is 21.7. The van der Waals surface area contributed by atoms with Crippen LogP contribution in [-0.4, -0.2) is 61.9 Å². The van der Waals surface area contributed by atoms with Gasteiger partial charge in [0.2, 0.25) is 0 Å². The van der Waals surface area contributed by atoms with Crippen LogP contribution in [0.1, 0.15) is 50.8 Å². The van der Waals surface area contributed by atoms with Crippen LogP contribution in [0, 0.1) is 17.2 Å². The minimum Gasteiger partial charge on any atom is -0.385 e. The molecule has 5 rings (SSSR count). The fourth-order valence-electron chi connectivity index (χ4n) is 5.15. The molecule has 2 aromatic rings. The molecule has 1 unspecified atom stereocenters. The van der Waals surface area contributed by atoms with Crippen molar-refractivity contribution < 1.29 is 4.74 Å². The average Bonchev–Trinajstić information content (AvgIpc) is 3.64. The van der Waals surface area contributed by atoms with Gasteiger partial charge in [-0.05, 0) is 62.3 Å². The first-order valence-corrected chi connectivity index (χ1v) is 13.3. The van der Waals surface area contributed by atoms with Gasteiger partial charge in [0.25, 0.3) is 0 Å². The Morgan fingerprint density at radius 1 is 1.14 bits per heavy atom. The number of rotatable bonds is 7. The highest BCUT2D eigenvalue weighted by Gasteiger charge is 2.27. The lowest BCUT2D eigenvalue weighted by atomic mass is 9.98. The van der Waals surface area contributed by atoms with E-state index in [1.165, 1.54) is 25.1 Å². The van der Waals surface area contributed by atoms with Crippen LogP contribution in [0.3, 0.4) is 0 Å². The van der Waals surface area contributed by atoms with Crippen LogP contribution in [0.2, 0.25) is 0 Å². The molecule has 1 aromatic heterocycles. The molecule has 0 bridgehead atoms. The summed E-state index contributed by atoms with van der Waals surface area (Å²) in [7, 11) is 1.71. The highest BCUT2D eigenvalue weighted by atomic mass is 16.5. The maximum absolute atomic E-state index is 9.98. The van der Waals surface area contributed by atoms with Crippen LogP contribution >= 0.6 is 0 Å². The van der Waals surface area contributed by atoms with Crippen molar-refractivity contribution in [3.63, 3.8) is 0 Å². The number of nitriles is 1. The fourth-order valence-corrected chi connectivity index (χ4v) is 5.15. The number of methoxy groups -OCH3 is 1. The van der Waals surface area contributed by atoms with Crippen molar-refractivity contribution in [3.8, 4) is 6.07 Å². The predicted octanol–water partition coefficient (Wildman–Crippen LogP) is 4.78. The molecule has 0 spiro atoms. The molecule has 2 aliphatic carbocycles. The summed E-state index contributed by atoms with van der Waals surface area (Å²) in [5.41, 5.74) is 11.4. The van der Waals surface area contributed by atoms with Crippen LogP contribution < -0.4 is 10.6 Å². The molecule has 0 radical (unpaired) electrons. The topological polar surface area (TPSA) is 70.4 Å². The van der Waals surface area contributed by atoms with Gasteiger partial charge in [-0.25, -0.2) is 0 Å². The molecule has 35 heavy (non-hydrogen) atoms. The molecule has 3 aliphatic rings. The highest BCUT2D eigenvalue weighted by Crippen LogP contribution is 2.35. The smallest absolute Gasteiger partial charge is 0.102 e. The second kappa shape index (κ2) is 11.9. The van der Waals surface area contributed by atoms with E-state index >= 15 is 0 Å². The molecule has 1 atom stereocenters. The van der Waals surface area contributed by atoms with Gasteiger partial charge in [-0.15, -0.1) is 0 Å². The van der Waals surface area contributed by atoms with Gasteiger partial charge >= 0.3 is 0 Å². The van der Waals surface area contributed by atoms with Gasteiger partial charge in [-0.2, -0.15) is 5.26 Å². The Bertz CT molecular complexity index is 1090. The Balaban J connectivity index is 0.000000527. The van der Waals surface area contributed by atoms with Crippen molar-refractivity contribution in [3.05, 3.63) is 47.7 Å². The maximum atomic E-state index is 9.98. The zero-order chi connectivity index (χ0) is 24.8. The Kier molecular flexibility index (Phi) is 8.67. The third-order valence-corrected chi connectivity index (χ3v) is 7.24. The van der Waals surface area contributed by atoms with E-state index in [-0.39, 0.29) is 6.04 Å². The summed E-state index contributed by atoms with van der Waals surface area (Å²) in [6.45, 7) is 11.7. The SMILES string of the molecule is CCCOC.CCn1c(C2=CCC(N)C=C2)c(C#N)c2ccc(N3CCN(CC4CC4)CC3)cc21. The van der Waals surface area contributed by atoms with E-state index in [0.29, 0.717) is 0 Å². The Hall–Kier alpha value is -2.59. The fraction of sp³-hybridized carbons (Fsp3) is 0.552. The standard InChI is InChI=1S/C25H31N5.C4H10O/c1-2-30-24-15-21(29-13-11-28(12-14-29)17-18-3-4-18)9-10-22(24)23(16-26)25(30)19-5-7-20(27)8-6-19;1-3-4-5-2/h5-7,9-10,15,18,20H,2-4,8,11-14,17,27H2,1H3;3-4H2,1-2H3. The van der Waals surface area contributed by atoms with Gasteiger partial charge in [0.15, 0.2) is 0 Å². The normalized spacial score (nSPS) is 20.4. The van der Waals surface area contributed by atoms with E-state index in [4.69, 9.17) is 10.5 Å². The summed E-state index contributed by atoms with van der Waals surface area (Å²) >= 11 is 0. The Morgan fingerprint density at radius 2 is 1.91 bits per heavy atom. The van der Waals surface area contributed by atoms with Crippen LogP contribution in [-0.2, 0) is 11.3 Å². The average molecular weight is 476 g/mol. The quantitative estimate of drug-likeness (QED) is 0.624. The summed E-state index contributed by atoms with van der Waals surface area (Å²) in [4.78, 5) is 5.13. The second-order valence-electron chi connectivity index (χ2n) is 9.92. The van der Waals surface area contributed by atoms with Gasteiger partial charge < -0.3 is 19.9 Å². The minimum absolute atomic E-state index is 0.0731. The largest absolute Gasteiger partial charge is 0.385 e. The molecular formula is C29H41N5O. The molecule has 1 saturated heterocycles. The lowest BCUT2D eigenvalue weighted by molar-refractivity contribution is 0.199. The molecule has 6 heteroatoms. The third-order valence-electron chi connectivity index (χ3n) is 7.24. The molecular weight excluding hydrogens is 434 g/mol. The van der Waals surface area contributed by atoms with Crippen molar-refractivity contribution in [2.24, 2.45) is 11.7 Å². The number of fused-ring (bicyclic) bond motifs is 1. The van der Waals surface area contributed by atoms with Crippen LogP contribution in [0.5, 0.6) is 0 Å². The zero-order valence-electron chi connectivity index (χ0n) is 21.7. The summed E-state index contributed by atoms with van der Waals surface area (Å²) in [5, 5.41) is 11.0. The van der Waals surface area contributed by atoms with Crippen molar-refractivity contribution in [2.45, 2.75) is 52.1 Å². The lowest BCUT2D eigenvalue weighted by Crippen LogP contribution is -2.47. The van der Waals surface area contributed by atoms with Crippen LogP contribution in [0.15, 0.2) is 36.4 Å². The number of allylic oxidation sites excluding steroid dienone is 2. The molecule has 0 amide bonds. The Labute approximate surface area is 210 Å². The molecule has 2 fully saturated rings. The summed E-state index contributed by atoms with van der Waals surface area (Å²) in [6.07, 6.45) is 11.1. The molecule has 1 aliphatic heterocycles. The first-order chi connectivity index (χ1) is 17.1. The van der Waals surface area contributed by atoms with E-state index in [0.717, 1.165) is 85.8 Å². The molecule has 2 heterocycles. The number of aromatic nitrogens is 1. The number of anilines is 1. The van der Waals surface area contributed by atoms with E-state index in [1.807, 2.05) is 6.08 Å². The third kappa shape index (κ3) is 5.98. The van der Waals surface area contributed by atoms with Gasteiger partial charge in [0.1, 0.15) is 6.07 Å². The van der Waals surface area contributed by atoms with E-state index in [1.54, 1.807) is 7.11 Å². The van der Waals surface area contributed by atoms with Gasteiger partial charge in [-0.3, -0.25) is 4.90 Å². The second-order valence-corrected chi connectivity index (χ2v) is 9.92. The monoisotopic (exact) mass is 475 g/mol. The highest BCUT2D eigenvalue weighted by molar-refractivity contribution is 5.96. The van der Waals surface area contributed by atoms with E-state index in [2.05, 4.69) is 64.6 Å². The Morgan fingerprint density at radius 3 is 2.46 bits per heavy atom. The van der Waals surface area contributed by atoms with Crippen LogP contribution in [0.25, 0.3) is 16.5 Å². The molecule has 2 N–H and O–H groups in total. The number of nitrogens with two attached hydrogens (primary N) is 1.